The summed E-state index contributed by atoms with van der Waals surface area (Å²) in [5.41, 5.74) is 0.642. The van der Waals surface area contributed by atoms with Gasteiger partial charge in [0.05, 0.1) is 12.7 Å². The number of ether oxygens (including phenoxy) is 3. The number of hydrogen-bond donors (Lipinski definition) is 2. The maximum absolute atomic E-state index is 12.1. The van der Waals surface area contributed by atoms with E-state index in [4.69, 9.17) is 14.2 Å². The molecule has 1 aliphatic heterocycles. The Kier molecular flexibility index (Phi) is 7.69. The number of nitrogens with one attached hydrogen (secondary N) is 2. The Labute approximate surface area is 148 Å². The number of likely N-dealkylation sites (N-methyl/N-ethyl adjacent to an activating group) is 1. The van der Waals surface area contributed by atoms with Crippen molar-refractivity contribution in [3.63, 3.8) is 0 Å². The highest BCUT2D eigenvalue weighted by Gasteiger charge is 2.19. The molecule has 1 saturated heterocycles. The van der Waals surface area contributed by atoms with E-state index in [9.17, 15) is 9.59 Å². The molecule has 0 aliphatic carbocycles. The van der Waals surface area contributed by atoms with Gasteiger partial charge in [-0.15, -0.1) is 0 Å². The molecule has 1 heterocycles. The van der Waals surface area contributed by atoms with Crippen LogP contribution in [0.2, 0.25) is 0 Å². The van der Waals surface area contributed by atoms with Crippen LogP contribution in [-0.2, 0) is 19.1 Å². The Bertz CT molecular complexity index is 555. The Balaban J connectivity index is 1.73. The second-order valence-corrected chi connectivity index (χ2v) is 5.87. The van der Waals surface area contributed by atoms with Crippen LogP contribution in [0, 0.1) is 0 Å². The molecule has 2 unspecified atom stereocenters. The monoisotopic (exact) mass is 350 g/mol. The molecule has 1 fully saturated rings. The average Bonchev–Trinajstić information content (AvgIpc) is 3.13. The molecule has 0 aromatic heterocycles. The third-order valence-electron chi connectivity index (χ3n) is 3.79. The molecule has 0 spiro atoms. The SMILES string of the molecule is CCNC(=O)COc1ccc(NC(=O)C(C)OCC2CCCO2)cc1. The number of carbonyl (C=O) groups is 2. The van der Waals surface area contributed by atoms with E-state index in [0.717, 1.165) is 19.4 Å². The molecule has 1 aliphatic rings. The first-order chi connectivity index (χ1) is 12.1. The average molecular weight is 350 g/mol. The molecule has 7 heteroatoms. The van der Waals surface area contributed by atoms with Crippen molar-refractivity contribution in [2.24, 2.45) is 0 Å². The summed E-state index contributed by atoms with van der Waals surface area (Å²) >= 11 is 0. The lowest BCUT2D eigenvalue weighted by Gasteiger charge is -2.16. The molecule has 0 saturated carbocycles. The third-order valence-corrected chi connectivity index (χ3v) is 3.79. The molecule has 138 valence electrons. The van der Waals surface area contributed by atoms with Crippen LogP contribution < -0.4 is 15.4 Å². The van der Waals surface area contributed by atoms with E-state index in [0.29, 0.717) is 24.6 Å². The van der Waals surface area contributed by atoms with Crippen LogP contribution >= 0.6 is 0 Å². The first kappa shape index (κ1) is 19.2. The van der Waals surface area contributed by atoms with Gasteiger partial charge in [-0.25, -0.2) is 0 Å². The van der Waals surface area contributed by atoms with Crippen LogP contribution in [-0.4, -0.2) is 50.4 Å². The quantitative estimate of drug-likeness (QED) is 0.708. The summed E-state index contributed by atoms with van der Waals surface area (Å²) in [6.07, 6.45) is 1.56. The summed E-state index contributed by atoms with van der Waals surface area (Å²) in [4.78, 5) is 23.5. The Morgan fingerprint density at radius 1 is 1.32 bits per heavy atom. The number of benzene rings is 1. The number of amides is 2. The van der Waals surface area contributed by atoms with Gasteiger partial charge in [-0.2, -0.15) is 0 Å². The summed E-state index contributed by atoms with van der Waals surface area (Å²) in [6, 6.07) is 6.84. The van der Waals surface area contributed by atoms with Crippen molar-refractivity contribution < 1.29 is 23.8 Å². The minimum atomic E-state index is -0.558. The molecular weight excluding hydrogens is 324 g/mol. The first-order valence-corrected chi connectivity index (χ1v) is 8.62. The molecule has 0 bridgehead atoms. The van der Waals surface area contributed by atoms with Crippen molar-refractivity contribution in [1.82, 2.24) is 5.32 Å². The van der Waals surface area contributed by atoms with Gasteiger partial charge in [0.15, 0.2) is 6.61 Å². The zero-order valence-electron chi connectivity index (χ0n) is 14.7. The van der Waals surface area contributed by atoms with Crippen LogP contribution in [0.5, 0.6) is 5.75 Å². The fourth-order valence-corrected chi connectivity index (χ4v) is 2.38. The summed E-state index contributed by atoms with van der Waals surface area (Å²) in [7, 11) is 0. The Morgan fingerprint density at radius 3 is 2.72 bits per heavy atom. The smallest absolute Gasteiger partial charge is 0.257 e. The standard InChI is InChI=1S/C18H26N2O5/c1-3-19-17(21)12-25-15-8-6-14(7-9-15)20-18(22)13(2)24-11-16-5-4-10-23-16/h6-9,13,16H,3-5,10-12H2,1-2H3,(H,19,21)(H,20,22). The number of rotatable bonds is 9. The normalized spacial score (nSPS) is 17.8. The van der Waals surface area contributed by atoms with Gasteiger partial charge in [-0.3, -0.25) is 9.59 Å². The number of hydrogen-bond acceptors (Lipinski definition) is 5. The molecule has 25 heavy (non-hydrogen) atoms. The molecule has 7 nitrogen and oxygen atoms in total. The topological polar surface area (TPSA) is 85.9 Å². The molecule has 1 aromatic carbocycles. The maximum Gasteiger partial charge on any atom is 0.257 e. The van der Waals surface area contributed by atoms with Crippen LogP contribution in [0.1, 0.15) is 26.7 Å². The van der Waals surface area contributed by atoms with E-state index in [2.05, 4.69) is 10.6 Å². The molecule has 1 aromatic rings. The van der Waals surface area contributed by atoms with Gasteiger partial charge in [0.25, 0.3) is 11.8 Å². The molecule has 2 amide bonds. The molecule has 2 rings (SSSR count). The summed E-state index contributed by atoms with van der Waals surface area (Å²) in [5, 5.41) is 5.44. The maximum atomic E-state index is 12.1. The van der Waals surface area contributed by atoms with Gasteiger partial charge in [-0.1, -0.05) is 0 Å². The zero-order chi connectivity index (χ0) is 18.1. The fourth-order valence-electron chi connectivity index (χ4n) is 2.38. The number of anilines is 1. The molecular formula is C18H26N2O5. The lowest BCUT2D eigenvalue weighted by atomic mass is 10.2. The van der Waals surface area contributed by atoms with Gasteiger partial charge < -0.3 is 24.8 Å². The van der Waals surface area contributed by atoms with Crippen LogP contribution in [0.15, 0.2) is 24.3 Å². The second-order valence-electron chi connectivity index (χ2n) is 5.87. The lowest BCUT2D eigenvalue weighted by Crippen LogP contribution is -2.30. The second kappa shape index (κ2) is 10.0. The van der Waals surface area contributed by atoms with E-state index >= 15 is 0 Å². The van der Waals surface area contributed by atoms with Crippen LogP contribution in [0.25, 0.3) is 0 Å². The molecule has 2 atom stereocenters. The largest absolute Gasteiger partial charge is 0.484 e. The van der Waals surface area contributed by atoms with E-state index in [-0.39, 0.29) is 24.5 Å². The predicted molar refractivity (Wildman–Crippen MR) is 93.6 cm³/mol. The summed E-state index contributed by atoms with van der Waals surface area (Å²) in [5.74, 6) is 0.179. The fraction of sp³-hybridized carbons (Fsp3) is 0.556. The summed E-state index contributed by atoms with van der Waals surface area (Å²) in [6.45, 7) is 5.30. The van der Waals surface area contributed by atoms with E-state index < -0.39 is 6.10 Å². The van der Waals surface area contributed by atoms with Gasteiger partial charge in [0, 0.05) is 18.8 Å². The van der Waals surface area contributed by atoms with Crippen molar-refractivity contribution in [2.45, 2.75) is 38.9 Å². The van der Waals surface area contributed by atoms with E-state index in [1.165, 1.54) is 0 Å². The summed E-state index contributed by atoms with van der Waals surface area (Å²) < 4.78 is 16.4. The minimum absolute atomic E-state index is 0.0341. The minimum Gasteiger partial charge on any atom is -0.484 e. The highest BCUT2D eigenvalue weighted by molar-refractivity contribution is 5.93. The zero-order valence-corrected chi connectivity index (χ0v) is 14.7. The van der Waals surface area contributed by atoms with Crippen LogP contribution in [0.4, 0.5) is 5.69 Å². The third kappa shape index (κ3) is 6.72. The van der Waals surface area contributed by atoms with Crippen molar-refractivity contribution in [2.75, 3.05) is 31.7 Å². The van der Waals surface area contributed by atoms with Gasteiger partial charge in [-0.05, 0) is 51.0 Å². The van der Waals surface area contributed by atoms with Gasteiger partial charge in [0.2, 0.25) is 0 Å². The molecule has 0 radical (unpaired) electrons. The predicted octanol–water partition coefficient (Wildman–Crippen LogP) is 1.72. The van der Waals surface area contributed by atoms with Crippen molar-refractivity contribution in [3.8, 4) is 5.75 Å². The highest BCUT2D eigenvalue weighted by Crippen LogP contribution is 2.17. The Morgan fingerprint density at radius 2 is 2.08 bits per heavy atom. The Hall–Kier alpha value is -2.12. The van der Waals surface area contributed by atoms with Crippen molar-refractivity contribution in [3.05, 3.63) is 24.3 Å². The van der Waals surface area contributed by atoms with Crippen molar-refractivity contribution >= 4 is 17.5 Å². The number of carbonyl (C=O) groups excluding carboxylic acids is 2. The van der Waals surface area contributed by atoms with Crippen LogP contribution in [0.3, 0.4) is 0 Å². The first-order valence-electron chi connectivity index (χ1n) is 8.62. The van der Waals surface area contributed by atoms with Gasteiger partial charge in [0.1, 0.15) is 11.9 Å². The molecule has 2 N–H and O–H groups in total. The van der Waals surface area contributed by atoms with E-state index in [1.54, 1.807) is 31.2 Å². The van der Waals surface area contributed by atoms with Crippen molar-refractivity contribution in [1.29, 1.82) is 0 Å². The highest BCUT2D eigenvalue weighted by atomic mass is 16.5. The van der Waals surface area contributed by atoms with E-state index in [1.807, 2.05) is 6.92 Å². The lowest BCUT2D eigenvalue weighted by molar-refractivity contribution is -0.128. The van der Waals surface area contributed by atoms with Gasteiger partial charge >= 0.3 is 0 Å².